The molecular weight excluding hydrogens is 1010 g/mol. The first-order valence-electron chi connectivity index (χ1n) is 23.8. The molecule has 10 amide bonds. The van der Waals surface area contributed by atoms with E-state index in [9.17, 15) is 72.5 Å². The van der Waals surface area contributed by atoms with Crippen LogP contribution in [0.15, 0.2) is 17.5 Å². The molecule has 0 aromatic carbocycles. The number of aliphatic imine (C=N–C) groups is 1. The van der Waals surface area contributed by atoms with E-state index in [1.165, 1.54) is 12.5 Å². The quantitative estimate of drug-likeness (QED) is 0.0169. The van der Waals surface area contributed by atoms with Crippen LogP contribution in [0.2, 0.25) is 0 Å². The van der Waals surface area contributed by atoms with Crippen molar-refractivity contribution in [3.05, 3.63) is 18.2 Å². The second-order valence-electron chi connectivity index (χ2n) is 18.5. The summed E-state index contributed by atoms with van der Waals surface area (Å²) in [6, 6.07) is -14.5. The second-order valence-corrected chi connectivity index (χ2v) is 18.5. The highest BCUT2D eigenvalue weighted by atomic mass is 16.4. The number of aromatic amines is 1. The summed E-state index contributed by atoms with van der Waals surface area (Å²) >= 11 is 0. The van der Waals surface area contributed by atoms with E-state index in [4.69, 9.17) is 33.8 Å². The molecule has 0 aliphatic heterocycles. The van der Waals surface area contributed by atoms with Crippen molar-refractivity contribution in [1.82, 2.24) is 52.5 Å². The summed E-state index contributed by atoms with van der Waals surface area (Å²) in [5, 5.41) is 46.8. The van der Waals surface area contributed by atoms with E-state index in [0.717, 1.165) is 6.92 Å². The van der Waals surface area contributed by atoms with Crippen LogP contribution in [0.5, 0.6) is 0 Å². The molecule has 0 aliphatic carbocycles. The highest BCUT2D eigenvalue weighted by Gasteiger charge is 2.36. The van der Waals surface area contributed by atoms with Gasteiger partial charge in [-0.1, -0.05) is 27.7 Å². The van der Waals surface area contributed by atoms with Gasteiger partial charge in [-0.3, -0.25) is 62.5 Å². The summed E-state index contributed by atoms with van der Waals surface area (Å²) < 4.78 is 0. The number of rotatable bonds is 36. The Bertz CT molecular complexity index is 2260. The number of carbonyl (C=O) groups excluding carboxylic acids is 10. The molecule has 32 heteroatoms. The second kappa shape index (κ2) is 32.7. The fourth-order valence-corrected chi connectivity index (χ4v) is 6.92. The van der Waals surface area contributed by atoms with Gasteiger partial charge in [0.05, 0.1) is 31.6 Å². The average molecular weight is 1080 g/mol. The molecule has 0 radical (unpaired) electrons. The molecule has 0 spiro atoms. The van der Waals surface area contributed by atoms with Crippen molar-refractivity contribution < 1.29 is 77.6 Å². The molecule has 1 heterocycles. The van der Waals surface area contributed by atoms with E-state index < -0.39 is 157 Å². The van der Waals surface area contributed by atoms with Gasteiger partial charge in [-0.15, -0.1) is 0 Å². The van der Waals surface area contributed by atoms with Gasteiger partial charge in [-0.2, -0.15) is 0 Å². The monoisotopic (exact) mass is 1080 g/mol. The number of hydrogen-bond acceptors (Lipinski definition) is 16. The van der Waals surface area contributed by atoms with E-state index in [1.807, 2.05) is 0 Å². The van der Waals surface area contributed by atoms with Crippen molar-refractivity contribution in [2.45, 2.75) is 153 Å². The largest absolute Gasteiger partial charge is 0.481 e. The lowest BCUT2D eigenvalue weighted by Crippen LogP contribution is -2.61. The van der Waals surface area contributed by atoms with Crippen molar-refractivity contribution in [1.29, 1.82) is 0 Å². The topological polar surface area (TPSA) is 550 Å². The zero-order valence-corrected chi connectivity index (χ0v) is 42.7. The van der Waals surface area contributed by atoms with Crippen molar-refractivity contribution in [3.63, 3.8) is 0 Å². The third-order valence-electron chi connectivity index (χ3n) is 10.7. The lowest BCUT2D eigenvalue weighted by Gasteiger charge is -2.27. The molecule has 1 aromatic heterocycles. The SMILES string of the molecule is CC(C)CC(NC(=O)C(N)CCC(=O)O)C(=O)NC(CC(N)=O)C(=O)NC(CC(=O)O)C(=O)NC(CC(C)C)C(=O)NC(C)C(=O)NC(CC(N)=O)C(=O)NC(Cc1cnc[nH]1)C(=O)NC(CCCN=C(N)N)C(=O)O. The van der Waals surface area contributed by atoms with Crippen molar-refractivity contribution in [3.8, 4) is 0 Å². The fraction of sp³-hybridized carbons (Fsp3) is 0.614. The zero-order chi connectivity index (χ0) is 58.0. The Hall–Kier alpha value is -8.45. The van der Waals surface area contributed by atoms with Crippen molar-refractivity contribution >= 4 is 82.9 Å². The van der Waals surface area contributed by atoms with Crippen molar-refractivity contribution in [2.75, 3.05) is 6.54 Å². The molecule has 0 fully saturated rings. The number of amides is 10. The van der Waals surface area contributed by atoms with Gasteiger partial charge in [0.25, 0.3) is 0 Å². The van der Waals surface area contributed by atoms with Crippen LogP contribution in [0.4, 0.5) is 0 Å². The van der Waals surface area contributed by atoms with Gasteiger partial charge in [0.1, 0.15) is 48.3 Å². The highest BCUT2D eigenvalue weighted by molar-refractivity contribution is 6.00. The summed E-state index contributed by atoms with van der Waals surface area (Å²) in [4.78, 5) is 178. The van der Waals surface area contributed by atoms with Crippen LogP contribution >= 0.6 is 0 Å². The number of H-pyrrole nitrogens is 1. The molecule has 22 N–H and O–H groups in total. The van der Waals surface area contributed by atoms with Crippen LogP contribution in [0, 0.1) is 11.8 Å². The third kappa shape index (κ3) is 26.0. The summed E-state index contributed by atoms with van der Waals surface area (Å²) in [6.45, 7) is 7.84. The van der Waals surface area contributed by atoms with Gasteiger partial charge in [0, 0.05) is 31.3 Å². The number of nitrogens with zero attached hydrogens (tertiary/aromatic N) is 2. The first-order chi connectivity index (χ1) is 35.4. The average Bonchev–Trinajstić information content (AvgIpc) is 3.82. The number of carboxylic acids is 3. The smallest absolute Gasteiger partial charge is 0.326 e. The predicted molar refractivity (Wildman–Crippen MR) is 265 cm³/mol. The lowest BCUT2D eigenvalue weighted by atomic mass is 10.0. The van der Waals surface area contributed by atoms with Crippen LogP contribution in [0.25, 0.3) is 0 Å². The Morgan fingerprint density at radius 2 is 0.961 bits per heavy atom. The van der Waals surface area contributed by atoms with E-state index in [0.29, 0.717) is 5.69 Å². The summed E-state index contributed by atoms with van der Waals surface area (Å²) in [6.07, 6.45) is -1.49. The lowest BCUT2D eigenvalue weighted by molar-refractivity contribution is -0.142. The number of aliphatic carboxylic acids is 3. The van der Waals surface area contributed by atoms with Gasteiger partial charge < -0.3 is 91.5 Å². The predicted octanol–water partition coefficient (Wildman–Crippen LogP) is -6.50. The Kier molecular flexibility index (Phi) is 28.2. The van der Waals surface area contributed by atoms with E-state index in [2.05, 4.69) is 57.5 Å². The highest BCUT2D eigenvalue weighted by Crippen LogP contribution is 2.11. The number of hydrogen-bond donors (Lipinski definition) is 17. The van der Waals surface area contributed by atoms with Crippen molar-refractivity contribution in [2.24, 2.45) is 45.5 Å². The fourth-order valence-electron chi connectivity index (χ4n) is 6.92. The normalized spacial score (nSPS) is 14.5. The number of primary amides is 2. The van der Waals surface area contributed by atoms with Crippen LogP contribution in [0.3, 0.4) is 0 Å². The molecule has 0 bridgehead atoms. The molecule has 9 atom stereocenters. The third-order valence-corrected chi connectivity index (χ3v) is 10.7. The van der Waals surface area contributed by atoms with Gasteiger partial charge in [-0.25, -0.2) is 9.78 Å². The van der Waals surface area contributed by atoms with Gasteiger partial charge in [0.15, 0.2) is 5.96 Å². The van der Waals surface area contributed by atoms with Crippen LogP contribution < -0.4 is 71.2 Å². The number of nitrogens with two attached hydrogens (primary N) is 5. The minimum Gasteiger partial charge on any atom is -0.481 e. The van der Waals surface area contributed by atoms with E-state index >= 15 is 0 Å². The molecule has 0 saturated carbocycles. The van der Waals surface area contributed by atoms with E-state index in [-0.39, 0.29) is 62.9 Å². The number of aromatic nitrogens is 2. The maximum Gasteiger partial charge on any atom is 0.326 e. The zero-order valence-electron chi connectivity index (χ0n) is 42.7. The van der Waals surface area contributed by atoms with Gasteiger partial charge in [0.2, 0.25) is 59.1 Å². The number of carbonyl (C=O) groups is 13. The maximum atomic E-state index is 13.8. The molecule has 424 valence electrons. The molecule has 0 saturated heterocycles. The molecule has 0 aliphatic rings. The minimum atomic E-state index is -1.99. The summed E-state index contributed by atoms with van der Waals surface area (Å²) in [7, 11) is 0. The minimum absolute atomic E-state index is 0.0410. The Balaban J connectivity index is 3.33. The number of guanidine groups is 1. The van der Waals surface area contributed by atoms with Gasteiger partial charge >= 0.3 is 17.9 Å². The Labute approximate surface area is 435 Å². The first-order valence-corrected chi connectivity index (χ1v) is 23.8. The maximum absolute atomic E-state index is 13.8. The standard InChI is InChI=1S/C44H72N16O16/c1-19(2)11-25(57-42(74)30(16-34(65)66)60-41(73)29(15-32(47)62)59-38(70)26(12-20(3)4)56-36(68)23(45)8-9-33(63)64)37(69)53-21(5)35(67)55-28(14-31(46)61)40(72)58-27(13-22-17-50-18-52-22)39(71)54-24(43(75)76)7-6-10-51-44(48)49/h17-21,23-30H,6-16,45H2,1-5H3,(H2,46,61)(H2,47,62)(H,50,52)(H,53,69)(H,54,71)(H,55,67)(H,56,68)(H,57,74)(H,58,72)(H,59,70)(H,60,73)(H,63,64)(H,65,66)(H,75,76)(H4,48,49,51). The number of carboxylic acid groups (broad SMARTS) is 3. The molecule has 32 nitrogen and oxygen atoms in total. The molecule has 1 aromatic rings. The van der Waals surface area contributed by atoms with Crippen LogP contribution in [0.1, 0.15) is 98.1 Å². The molecule has 9 unspecified atom stereocenters. The number of nitrogens with one attached hydrogen (secondary N) is 9. The molecular formula is C44H72N16O16. The summed E-state index contributed by atoms with van der Waals surface area (Å²) in [5.41, 5.74) is 27.4. The molecule has 76 heavy (non-hydrogen) atoms. The Morgan fingerprint density at radius 3 is 1.39 bits per heavy atom. The molecule has 1 rings (SSSR count). The van der Waals surface area contributed by atoms with Crippen LogP contribution in [-0.2, 0) is 68.7 Å². The van der Waals surface area contributed by atoms with Crippen LogP contribution in [-0.4, -0.2) is 169 Å². The first kappa shape index (κ1) is 65.6. The summed E-state index contributed by atoms with van der Waals surface area (Å²) in [5.74, 6) is -16.1. The van der Waals surface area contributed by atoms with E-state index in [1.54, 1.807) is 27.7 Å². The Morgan fingerprint density at radius 1 is 0.539 bits per heavy atom. The van der Waals surface area contributed by atoms with Gasteiger partial charge in [-0.05, 0) is 50.9 Å². The number of imidazole rings is 1.